The van der Waals surface area contributed by atoms with Gasteiger partial charge in [-0.2, -0.15) is 4.98 Å². The van der Waals surface area contributed by atoms with Gasteiger partial charge in [0.05, 0.1) is 11.6 Å². The largest absolute Gasteiger partial charge is 0.337 e. The van der Waals surface area contributed by atoms with Crippen molar-refractivity contribution in [3.63, 3.8) is 0 Å². The Bertz CT molecular complexity index is 449. The molecule has 0 aliphatic heterocycles. The summed E-state index contributed by atoms with van der Waals surface area (Å²) in [5.74, 6) is 1.11. The first-order valence-electron chi connectivity index (χ1n) is 4.48. The Hall–Kier alpha value is -1.43. The highest BCUT2D eigenvalue weighted by Crippen LogP contribution is 2.15. The second-order valence-corrected chi connectivity index (χ2v) is 3.85. The van der Waals surface area contributed by atoms with Crippen LogP contribution in [-0.2, 0) is 6.54 Å². The maximum absolute atomic E-state index is 5.86. The molecule has 15 heavy (non-hydrogen) atoms. The molecule has 0 saturated carbocycles. The van der Waals surface area contributed by atoms with Gasteiger partial charge in [0, 0.05) is 0 Å². The summed E-state index contributed by atoms with van der Waals surface area (Å²) in [5.41, 5.74) is 0.730. The highest BCUT2D eigenvalue weighted by atomic mass is 35.5. The molecule has 0 spiro atoms. The monoisotopic (exact) mass is 227 g/mol. The van der Waals surface area contributed by atoms with Crippen molar-refractivity contribution < 1.29 is 4.52 Å². The van der Waals surface area contributed by atoms with Crippen molar-refractivity contribution in [2.45, 2.75) is 25.8 Å². The predicted octanol–water partition coefficient (Wildman–Crippen LogP) is 1.32. The molecule has 1 atom stereocenters. The third-order valence-electron chi connectivity index (χ3n) is 1.83. The summed E-state index contributed by atoms with van der Waals surface area (Å²) < 4.78 is 6.57. The molecule has 0 N–H and O–H groups in total. The Morgan fingerprint density at radius 1 is 1.60 bits per heavy atom. The molecule has 2 aromatic heterocycles. The fourth-order valence-electron chi connectivity index (χ4n) is 1.12. The van der Waals surface area contributed by atoms with E-state index < -0.39 is 0 Å². The van der Waals surface area contributed by atoms with Crippen molar-refractivity contribution >= 4 is 11.6 Å². The number of alkyl halides is 1. The van der Waals surface area contributed by atoms with Crippen LogP contribution in [0.4, 0.5) is 0 Å². The van der Waals surface area contributed by atoms with E-state index in [9.17, 15) is 0 Å². The van der Waals surface area contributed by atoms with Crippen LogP contribution in [0.15, 0.2) is 10.7 Å². The molecule has 2 aromatic rings. The molecule has 0 radical (unpaired) electrons. The lowest BCUT2D eigenvalue weighted by Gasteiger charge is -1.93. The molecule has 0 fully saturated rings. The van der Waals surface area contributed by atoms with E-state index in [4.69, 9.17) is 16.1 Å². The number of nitrogens with zero attached hydrogens (tertiary/aromatic N) is 5. The lowest BCUT2D eigenvalue weighted by Crippen LogP contribution is -2.00. The Balaban J connectivity index is 2.11. The zero-order chi connectivity index (χ0) is 10.8. The Morgan fingerprint density at radius 2 is 2.40 bits per heavy atom. The third-order valence-corrected chi connectivity index (χ3v) is 2.05. The van der Waals surface area contributed by atoms with Gasteiger partial charge in [0.15, 0.2) is 5.82 Å². The summed E-state index contributed by atoms with van der Waals surface area (Å²) in [6.45, 7) is 4.02. The van der Waals surface area contributed by atoms with Crippen LogP contribution in [0, 0.1) is 6.92 Å². The Kier molecular flexibility index (Phi) is 2.68. The van der Waals surface area contributed by atoms with E-state index in [1.165, 1.54) is 0 Å². The van der Waals surface area contributed by atoms with E-state index >= 15 is 0 Å². The highest BCUT2D eigenvalue weighted by molar-refractivity contribution is 6.20. The van der Waals surface area contributed by atoms with Gasteiger partial charge in [-0.1, -0.05) is 10.4 Å². The smallest absolute Gasteiger partial charge is 0.248 e. The lowest BCUT2D eigenvalue weighted by atomic mass is 10.4. The van der Waals surface area contributed by atoms with Gasteiger partial charge >= 0.3 is 0 Å². The van der Waals surface area contributed by atoms with Crippen molar-refractivity contribution in [1.29, 1.82) is 0 Å². The van der Waals surface area contributed by atoms with Crippen LogP contribution >= 0.6 is 11.6 Å². The van der Waals surface area contributed by atoms with Gasteiger partial charge in [-0.3, -0.25) is 0 Å². The molecule has 0 aliphatic rings. The van der Waals surface area contributed by atoms with Crippen LogP contribution in [-0.4, -0.2) is 25.1 Å². The van der Waals surface area contributed by atoms with Crippen molar-refractivity contribution in [3.05, 3.63) is 23.6 Å². The maximum Gasteiger partial charge on any atom is 0.248 e. The zero-order valence-electron chi connectivity index (χ0n) is 8.38. The van der Waals surface area contributed by atoms with Crippen LogP contribution in [0.3, 0.4) is 0 Å². The molecule has 1 unspecified atom stereocenters. The summed E-state index contributed by atoms with van der Waals surface area (Å²) in [4.78, 5) is 4.06. The molecule has 0 saturated heterocycles. The number of aromatic nitrogens is 5. The quantitative estimate of drug-likeness (QED) is 0.740. The SMILES string of the molecule is Cc1noc(Cn2cc(C(C)Cl)nn2)n1. The van der Waals surface area contributed by atoms with Gasteiger partial charge in [-0.05, 0) is 13.8 Å². The van der Waals surface area contributed by atoms with E-state index in [0.717, 1.165) is 5.69 Å². The summed E-state index contributed by atoms with van der Waals surface area (Å²) in [5, 5.41) is 11.3. The Morgan fingerprint density at radius 3 is 2.93 bits per heavy atom. The molecule has 0 aliphatic carbocycles. The first-order chi connectivity index (χ1) is 7.15. The average Bonchev–Trinajstić information content (AvgIpc) is 2.76. The number of halogens is 1. The van der Waals surface area contributed by atoms with E-state index in [1.807, 2.05) is 6.92 Å². The van der Waals surface area contributed by atoms with E-state index in [-0.39, 0.29) is 5.38 Å². The van der Waals surface area contributed by atoms with Gasteiger partial charge < -0.3 is 4.52 Å². The molecular formula is C8H10ClN5O. The predicted molar refractivity (Wildman–Crippen MR) is 52.4 cm³/mol. The van der Waals surface area contributed by atoms with Crippen LogP contribution in [0.5, 0.6) is 0 Å². The second-order valence-electron chi connectivity index (χ2n) is 3.19. The number of aryl methyl sites for hydroxylation is 1. The minimum absolute atomic E-state index is 0.150. The van der Waals surface area contributed by atoms with Gasteiger partial charge in [0.1, 0.15) is 12.2 Å². The van der Waals surface area contributed by atoms with E-state index in [1.54, 1.807) is 17.8 Å². The maximum atomic E-state index is 5.86. The average molecular weight is 228 g/mol. The molecule has 2 heterocycles. The minimum atomic E-state index is -0.150. The van der Waals surface area contributed by atoms with Crippen LogP contribution in [0.2, 0.25) is 0 Å². The zero-order valence-corrected chi connectivity index (χ0v) is 9.14. The van der Waals surface area contributed by atoms with E-state index in [2.05, 4.69) is 20.5 Å². The van der Waals surface area contributed by atoms with Crippen LogP contribution < -0.4 is 0 Å². The standard InChI is InChI=1S/C8H10ClN5O/c1-5(9)7-3-14(13-11-7)4-8-10-6(2)12-15-8/h3,5H,4H2,1-2H3. The van der Waals surface area contributed by atoms with Crippen LogP contribution in [0.25, 0.3) is 0 Å². The van der Waals surface area contributed by atoms with Gasteiger partial charge in [0.2, 0.25) is 5.89 Å². The molecular weight excluding hydrogens is 218 g/mol. The second kappa shape index (κ2) is 3.98. The number of hydrogen-bond acceptors (Lipinski definition) is 5. The topological polar surface area (TPSA) is 69.6 Å². The first-order valence-corrected chi connectivity index (χ1v) is 4.92. The van der Waals surface area contributed by atoms with E-state index in [0.29, 0.717) is 18.3 Å². The first kappa shape index (κ1) is 10.1. The normalized spacial score (nSPS) is 13.0. The summed E-state index contributed by atoms with van der Waals surface area (Å²) in [7, 11) is 0. The van der Waals surface area contributed by atoms with Gasteiger partial charge in [0.25, 0.3) is 0 Å². The van der Waals surface area contributed by atoms with Gasteiger partial charge in [-0.25, -0.2) is 4.68 Å². The van der Waals surface area contributed by atoms with Crippen LogP contribution in [0.1, 0.15) is 29.7 Å². The molecule has 80 valence electrons. The molecule has 0 amide bonds. The molecule has 7 heteroatoms. The number of hydrogen-bond donors (Lipinski definition) is 0. The fourth-order valence-corrected chi connectivity index (χ4v) is 1.22. The van der Waals surface area contributed by atoms with Crippen molar-refractivity contribution in [2.24, 2.45) is 0 Å². The lowest BCUT2D eigenvalue weighted by molar-refractivity contribution is 0.361. The Labute approximate surface area is 91.2 Å². The summed E-state index contributed by atoms with van der Waals surface area (Å²) >= 11 is 5.86. The van der Waals surface area contributed by atoms with Crippen molar-refractivity contribution in [1.82, 2.24) is 25.1 Å². The summed E-state index contributed by atoms with van der Waals surface area (Å²) in [6, 6.07) is 0. The number of rotatable bonds is 3. The molecule has 0 aromatic carbocycles. The van der Waals surface area contributed by atoms with Gasteiger partial charge in [-0.15, -0.1) is 16.7 Å². The molecule has 0 bridgehead atoms. The highest BCUT2D eigenvalue weighted by Gasteiger charge is 2.09. The minimum Gasteiger partial charge on any atom is -0.337 e. The molecule has 2 rings (SSSR count). The third kappa shape index (κ3) is 2.33. The van der Waals surface area contributed by atoms with Crippen molar-refractivity contribution in [2.75, 3.05) is 0 Å². The fraction of sp³-hybridized carbons (Fsp3) is 0.500. The molecule has 6 nitrogen and oxygen atoms in total. The summed E-state index contributed by atoms with van der Waals surface area (Å²) in [6.07, 6.45) is 1.76. The van der Waals surface area contributed by atoms with Crippen molar-refractivity contribution in [3.8, 4) is 0 Å².